The molecule has 2 heterocycles. The highest BCUT2D eigenvalue weighted by atomic mass is 32.1. The van der Waals surface area contributed by atoms with Crippen LogP contribution in [0.25, 0.3) is 10.2 Å². The van der Waals surface area contributed by atoms with Gasteiger partial charge >= 0.3 is 5.97 Å². The number of hydrogen-bond donors (Lipinski definition) is 1. The molecule has 3 rings (SSSR count). The van der Waals surface area contributed by atoms with Crippen LogP contribution < -0.4 is 5.56 Å². The standard InChI is InChI=1S/C18H24N2O4S/c1-10(2)6-8-20-13(7-9-24-3)19-16-15(17(20)21)14-11(18(22)23)4-5-12(14)25-16/h10-11H,4-9H2,1-3H3,(H,22,23). The summed E-state index contributed by atoms with van der Waals surface area (Å²) in [6.45, 7) is 5.34. The summed E-state index contributed by atoms with van der Waals surface area (Å²) in [6, 6.07) is 0. The molecule has 0 spiro atoms. The Labute approximate surface area is 150 Å². The Balaban J connectivity index is 2.16. The first-order valence-corrected chi connectivity index (χ1v) is 9.52. The summed E-state index contributed by atoms with van der Waals surface area (Å²) in [5.74, 6) is -0.235. The van der Waals surface area contributed by atoms with Gasteiger partial charge in [-0.2, -0.15) is 0 Å². The molecule has 0 radical (unpaired) electrons. The van der Waals surface area contributed by atoms with Gasteiger partial charge in [0.2, 0.25) is 0 Å². The summed E-state index contributed by atoms with van der Waals surface area (Å²) in [7, 11) is 1.63. The lowest BCUT2D eigenvalue weighted by Gasteiger charge is -2.14. The highest BCUT2D eigenvalue weighted by Gasteiger charge is 2.34. The topological polar surface area (TPSA) is 81.4 Å². The second kappa shape index (κ2) is 7.25. The third-order valence-corrected chi connectivity index (χ3v) is 5.93. The van der Waals surface area contributed by atoms with Crippen LogP contribution in [0.5, 0.6) is 0 Å². The van der Waals surface area contributed by atoms with Gasteiger partial charge in [0, 0.05) is 25.0 Å². The Bertz CT molecular complexity index is 853. The SMILES string of the molecule is COCCc1nc2sc3c(c2c(=O)n1CCC(C)C)C(C(=O)O)CC3. The van der Waals surface area contributed by atoms with Gasteiger partial charge in [-0.05, 0) is 30.7 Å². The zero-order valence-electron chi connectivity index (χ0n) is 14.9. The van der Waals surface area contributed by atoms with Crippen LogP contribution in [-0.2, 0) is 28.9 Å². The van der Waals surface area contributed by atoms with E-state index in [0.717, 1.165) is 17.1 Å². The first kappa shape index (κ1) is 18.1. The number of carbonyl (C=O) groups is 1. The number of fused-ring (bicyclic) bond motifs is 3. The molecule has 1 unspecified atom stereocenters. The fourth-order valence-corrected chi connectivity index (χ4v) is 4.67. The Morgan fingerprint density at radius 3 is 2.88 bits per heavy atom. The molecule has 0 bridgehead atoms. The molecule has 25 heavy (non-hydrogen) atoms. The van der Waals surface area contributed by atoms with Crippen LogP contribution in [0, 0.1) is 5.92 Å². The summed E-state index contributed by atoms with van der Waals surface area (Å²) >= 11 is 1.47. The summed E-state index contributed by atoms with van der Waals surface area (Å²) in [6.07, 6.45) is 2.74. The van der Waals surface area contributed by atoms with E-state index in [-0.39, 0.29) is 5.56 Å². The van der Waals surface area contributed by atoms with E-state index in [0.29, 0.717) is 54.1 Å². The minimum atomic E-state index is -0.852. The normalized spacial score (nSPS) is 16.7. The number of nitrogens with zero attached hydrogens (tertiary/aromatic N) is 2. The van der Waals surface area contributed by atoms with Crippen molar-refractivity contribution in [3.05, 3.63) is 26.6 Å². The minimum absolute atomic E-state index is 0.0950. The monoisotopic (exact) mass is 364 g/mol. The van der Waals surface area contributed by atoms with Gasteiger partial charge in [0.25, 0.3) is 5.56 Å². The molecule has 2 aromatic rings. The fraction of sp³-hybridized carbons (Fsp3) is 0.611. The summed E-state index contributed by atoms with van der Waals surface area (Å²) < 4.78 is 6.89. The van der Waals surface area contributed by atoms with Crippen molar-refractivity contribution in [1.29, 1.82) is 0 Å². The van der Waals surface area contributed by atoms with Crippen molar-refractivity contribution in [3.8, 4) is 0 Å². The van der Waals surface area contributed by atoms with Crippen molar-refractivity contribution in [2.75, 3.05) is 13.7 Å². The molecule has 0 aliphatic heterocycles. The van der Waals surface area contributed by atoms with E-state index in [9.17, 15) is 14.7 Å². The van der Waals surface area contributed by atoms with E-state index in [2.05, 4.69) is 13.8 Å². The fourth-order valence-electron chi connectivity index (χ4n) is 3.42. The zero-order chi connectivity index (χ0) is 18.1. The number of thiophene rings is 1. The second-order valence-electron chi connectivity index (χ2n) is 6.96. The quantitative estimate of drug-likeness (QED) is 0.817. The summed E-state index contributed by atoms with van der Waals surface area (Å²) in [5, 5.41) is 10.0. The molecule has 7 heteroatoms. The van der Waals surface area contributed by atoms with Gasteiger partial charge in [-0.3, -0.25) is 14.2 Å². The Hall–Kier alpha value is -1.73. The molecule has 1 atom stereocenters. The Kier molecular flexibility index (Phi) is 5.24. The lowest BCUT2D eigenvalue weighted by molar-refractivity contribution is -0.138. The number of rotatable bonds is 7. The number of carboxylic acid groups (broad SMARTS) is 1. The highest BCUT2D eigenvalue weighted by molar-refractivity contribution is 7.18. The van der Waals surface area contributed by atoms with Crippen LogP contribution in [-0.4, -0.2) is 34.3 Å². The molecule has 6 nitrogen and oxygen atoms in total. The van der Waals surface area contributed by atoms with Crippen molar-refractivity contribution in [2.24, 2.45) is 5.92 Å². The van der Waals surface area contributed by atoms with Crippen LogP contribution >= 0.6 is 11.3 Å². The highest BCUT2D eigenvalue weighted by Crippen LogP contribution is 2.42. The van der Waals surface area contributed by atoms with Crippen LogP contribution in [0.15, 0.2) is 4.79 Å². The average molecular weight is 364 g/mol. The molecule has 0 aromatic carbocycles. The maximum atomic E-state index is 13.2. The van der Waals surface area contributed by atoms with E-state index < -0.39 is 11.9 Å². The number of aryl methyl sites for hydroxylation is 1. The van der Waals surface area contributed by atoms with Crippen molar-refractivity contribution in [1.82, 2.24) is 9.55 Å². The van der Waals surface area contributed by atoms with Gasteiger partial charge in [-0.1, -0.05) is 13.8 Å². The van der Waals surface area contributed by atoms with Gasteiger partial charge in [0.05, 0.1) is 17.9 Å². The van der Waals surface area contributed by atoms with E-state index in [4.69, 9.17) is 9.72 Å². The predicted octanol–water partition coefficient (Wildman–Crippen LogP) is 2.81. The molecular weight excluding hydrogens is 340 g/mol. The van der Waals surface area contributed by atoms with Crippen LogP contribution in [0.2, 0.25) is 0 Å². The molecule has 1 aliphatic rings. The van der Waals surface area contributed by atoms with Gasteiger partial charge in [0.1, 0.15) is 10.7 Å². The van der Waals surface area contributed by atoms with E-state index in [1.807, 2.05) is 0 Å². The van der Waals surface area contributed by atoms with Gasteiger partial charge in [-0.25, -0.2) is 4.98 Å². The van der Waals surface area contributed by atoms with Crippen molar-refractivity contribution in [2.45, 2.75) is 52.0 Å². The number of aliphatic carboxylic acids is 1. The number of carboxylic acids is 1. The lowest BCUT2D eigenvalue weighted by atomic mass is 10.0. The number of ether oxygens (including phenoxy) is 1. The van der Waals surface area contributed by atoms with Crippen LogP contribution in [0.1, 0.15) is 48.9 Å². The molecule has 1 N–H and O–H groups in total. The molecule has 1 aliphatic carbocycles. The number of methoxy groups -OCH3 is 1. The first-order chi connectivity index (χ1) is 11.9. The summed E-state index contributed by atoms with van der Waals surface area (Å²) in [4.78, 5) is 31.2. The maximum absolute atomic E-state index is 13.2. The first-order valence-electron chi connectivity index (χ1n) is 8.70. The summed E-state index contributed by atoms with van der Waals surface area (Å²) in [5.41, 5.74) is 0.615. The number of hydrogen-bond acceptors (Lipinski definition) is 5. The molecule has 0 saturated carbocycles. The van der Waals surface area contributed by atoms with Crippen molar-refractivity contribution in [3.63, 3.8) is 0 Å². The number of aromatic nitrogens is 2. The molecular formula is C18H24N2O4S. The average Bonchev–Trinajstić information content (AvgIpc) is 3.10. The Morgan fingerprint density at radius 1 is 1.48 bits per heavy atom. The van der Waals surface area contributed by atoms with Gasteiger partial charge in [-0.15, -0.1) is 11.3 Å². The molecule has 0 fully saturated rings. The third-order valence-electron chi connectivity index (χ3n) is 4.77. The van der Waals surface area contributed by atoms with E-state index in [1.54, 1.807) is 11.7 Å². The van der Waals surface area contributed by atoms with Gasteiger partial charge < -0.3 is 9.84 Å². The second-order valence-corrected chi connectivity index (χ2v) is 8.04. The van der Waals surface area contributed by atoms with Crippen LogP contribution in [0.4, 0.5) is 0 Å². The van der Waals surface area contributed by atoms with Gasteiger partial charge in [0.15, 0.2) is 0 Å². The van der Waals surface area contributed by atoms with Crippen molar-refractivity contribution >= 4 is 27.5 Å². The molecule has 0 amide bonds. The zero-order valence-corrected chi connectivity index (χ0v) is 15.7. The Morgan fingerprint density at radius 2 is 2.24 bits per heavy atom. The smallest absolute Gasteiger partial charge is 0.311 e. The third kappa shape index (κ3) is 3.35. The molecule has 2 aromatic heterocycles. The lowest BCUT2D eigenvalue weighted by Crippen LogP contribution is -2.27. The predicted molar refractivity (Wildman–Crippen MR) is 97.6 cm³/mol. The van der Waals surface area contributed by atoms with Crippen LogP contribution in [0.3, 0.4) is 0 Å². The molecule has 136 valence electrons. The minimum Gasteiger partial charge on any atom is -0.481 e. The molecule has 0 saturated heterocycles. The largest absolute Gasteiger partial charge is 0.481 e. The van der Waals surface area contributed by atoms with E-state index >= 15 is 0 Å². The maximum Gasteiger partial charge on any atom is 0.311 e. The van der Waals surface area contributed by atoms with Crippen molar-refractivity contribution < 1.29 is 14.6 Å². The van der Waals surface area contributed by atoms with E-state index in [1.165, 1.54) is 11.3 Å².